The lowest BCUT2D eigenvalue weighted by molar-refractivity contribution is 0.122. The predicted molar refractivity (Wildman–Crippen MR) is 109 cm³/mol. The zero-order valence-electron chi connectivity index (χ0n) is 16.0. The molecular formula is C22H23F2N3O2. The predicted octanol–water partition coefficient (Wildman–Crippen LogP) is 4.12. The third-order valence-corrected chi connectivity index (χ3v) is 5.22. The van der Waals surface area contributed by atoms with Crippen molar-refractivity contribution in [1.82, 2.24) is 4.90 Å². The van der Waals surface area contributed by atoms with E-state index in [0.29, 0.717) is 51.5 Å². The van der Waals surface area contributed by atoms with E-state index < -0.39 is 0 Å². The highest BCUT2D eigenvalue weighted by Crippen LogP contribution is 2.25. The zero-order chi connectivity index (χ0) is 20.2. The molecule has 0 aliphatic carbocycles. The summed E-state index contributed by atoms with van der Waals surface area (Å²) >= 11 is 0. The highest BCUT2D eigenvalue weighted by molar-refractivity contribution is 5.90. The highest BCUT2D eigenvalue weighted by atomic mass is 19.1. The van der Waals surface area contributed by atoms with Crippen LogP contribution in [0.4, 0.5) is 25.0 Å². The summed E-state index contributed by atoms with van der Waals surface area (Å²) < 4.78 is 32.5. The van der Waals surface area contributed by atoms with Gasteiger partial charge in [-0.05, 0) is 47.9 Å². The lowest BCUT2D eigenvalue weighted by Crippen LogP contribution is -2.38. The summed E-state index contributed by atoms with van der Waals surface area (Å²) in [4.78, 5) is 16.3. The van der Waals surface area contributed by atoms with Crippen LogP contribution in [0.25, 0.3) is 5.57 Å². The van der Waals surface area contributed by atoms with Crippen LogP contribution in [-0.2, 0) is 4.74 Å². The van der Waals surface area contributed by atoms with Crippen LogP contribution in [0.2, 0.25) is 0 Å². The number of nitrogens with one attached hydrogen (secondary N) is 1. The molecule has 2 heterocycles. The molecule has 0 unspecified atom stereocenters. The number of benzene rings is 2. The van der Waals surface area contributed by atoms with Crippen molar-refractivity contribution in [1.29, 1.82) is 0 Å². The Balaban J connectivity index is 1.41. The molecular weight excluding hydrogens is 376 g/mol. The van der Waals surface area contributed by atoms with Crippen molar-refractivity contribution in [3.05, 3.63) is 65.7 Å². The lowest BCUT2D eigenvalue weighted by Gasteiger charge is -2.30. The number of hydrogen-bond acceptors (Lipinski definition) is 3. The number of morpholine rings is 1. The van der Waals surface area contributed by atoms with Crippen molar-refractivity contribution in [2.24, 2.45) is 0 Å². The van der Waals surface area contributed by atoms with Gasteiger partial charge < -0.3 is 19.9 Å². The Labute approximate surface area is 168 Å². The quantitative estimate of drug-likeness (QED) is 0.844. The van der Waals surface area contributed by atoms with E-state index in [1.165, 1.54) is 24.3 Å². The molecule has 0 aromatic heterocycles. The van der Waals surface area contributed by atoms with Gasteiger partial charge in [0.15, 0.2) is 0 Å². The number of halogens is 2. The van der Waals surface area contributed by atoms with Crippen LogP contribution in [-0.4, -0.2) is 50.3 Å². The Morgan fingerprint density at radius 2 is 1.72 bits per heavy atom. The van der Waals surface area contributed by atoms with E-state index >= 15 is 0 Å². The van der Waals surface area contributed by atoms with Crippen molar-refractivity contribution in [2.75, 3.05) is 49.6 Å². The SMILES string of the molecule is O=C(Nc1cc(F)cc(N2CCOCC2)c1)N1CC=C(c2ccc(F)cc2)CC1. The number of carbonyl (C=O) groups is 1. The average molecular weight is 399 g/mol. The molecule has 0 spiro atoms. The number of amides is 2. The Hall–Kier alpha value is -2.93. The Bertz CT molecular complexity index is 909. The Morgan fingerprint density at radius 3 is 2.41 bits per heavy atom. The molecule has 1 N–H and O–H groups in total. The minimum Gasteiger partial charge on any atom is -0.378 e. The van der Waals surface area contributed by atoms with Gasteiger partial charge in [-0.2, -0.15) is 0 Å². The van der Waals surface area contributed by atoms with Gasteiger partial charge in [-0.3, -0.25) is 0 Å². The fourth-order valence-corrected chi connectivity index (χ4v) is 3.63. The second-order valence-electron chi connectivity index (χ2n) is 7.16. The van der Waals surface area contributed by atoms with Gasteiger partial charge in [-0.15, -0.1) is 0 Å². The molecule has 0 bridgehead atoms. The maximum Gasteiger partial charge on any atom is 0.322 e. The third-order valence-electron chi connectivity index (χ3n) is 5.22. The van der Waals surface area contributed by atoms with E-state index in [1.54, 1.807) is 23.1 Å². The molecule has 1 saturated heterocycles. The van der Waals surface area contributed by atoms with E-state index in [9.17, 15) is 13.6 Å². The number of anilines is 2. The summed E-state index contributed by atoms with van der Waals surface area (Å²) in [5.74, 6) is -0.654. The molecule has 2 aliphatic heterocycles. The van der Waals surface area contributed by atoms with Gasteiger partial charge in [0.1, 0.15) is 11.6 Å². The minimum absolute atomic E-state index is 0.266. The summed E-state index contributed by atoms with van der Waals surface area (Å²) in [5.41, 5.74) is 3.23. The van der Waals surface area contributed by atoms with E-state index in [1.807, 2.05) is 11.0 Å². The van der Waals surface area contributed by atoms with Crippen LogP contribution in [0.3, 0.4) is 0 Å². The molecule has 1 fully saturated rings. The summed E-state index contributed by atoms with van der Waals surface area (Å²) in [6.45, 7) is 3.59. The maximum absolute atomic E-state index is 14.1. The second-order valence-corrected chi connectivity index (χ2v) is 7.16. The molecule has 7 heteroatoms. The monoisotopic (exact) mass is 399 g/mol. The lowest BCUT2D eigenvalue weighted by atomic mass is 10.00. The largest absolute Gasteiger partial charge is 0.378 e. The van der Waals surface area contributed by atoms with Gasteiger partial charge in [0, 0.05) is 37.6 Å². The number of hydrogen-bond donors (Lipinski definition) is 1. The van der Waals surface area contributed by atoms with Crippen molar-refractivity contribution in [2.45, 2.75) is 6.42 Å². The summed E-state index contributed by atoms with van der Waals surface area (Å²) in [6.07, 6.45) is 2.66. The molecule has 2 aromatic rings. The van der Waals surface area contributed by atoms with E-state index in [0.717, 1.165) is 16.8 Å². The van der Waals surface area contributed by atoms with Crippen molar-refractivity contribution in [3.63, 3.8) is 0 Å². The van der Waals surface area contributed by atoms with Crippen LogP contribution in [0.5, 0.6) is 0 Å². The first-order chi connectivity index (χ1) is 14.1. The van der Waals surface area contributed by atoms with Crippen LogP contribution < -0.4 is 10.2 Å². The first-order valence-corrected chi connectivity index (χ1v) is 9.73. The van der Waals surface area contributed by atoms with Crippen molar-refractivity contribution >= 4 is 23.0 Å². The van der Waals surface area contributed by atoms with Crippen LogP contribution in [0.1, 0.15) is 12.0 Å². The zero-order valence-corrected chi connectivity index (χ0v) is 16.0. The molecule has 5 nitrogen and oxygen atoms in total. The topological polar surface area (TPSA) is 44.8 Å². The molecule has 2 aromatic carbocycles. The first-order valence-electron chi connectivity index (χ1n) is 9.73. The van der Waals surface area contributed by atoms with Crippen LogP contribution in [0, 0.1) is 11.6 Å². The molecule has 152 valence electrons. The molecule has 2 aliphatic rings. The normalized spacial score (nSPS) is 17.1. The van der Waals surface area contributed by atoms with E-state index in [2.05, 4.69) is 5.32 Å². The highest BCUT2D eigenvalue weighted by Gasteiger charge is 2.19. The average Bonchev–Trinajstić information content (AvgIpc) is 2.74. The van der Waals surface area contributed by atoms with Gasteiger partial charge >= 0.3 is 6.03 Å². The van der Waals surface area contributed by atoms with Gasteiger partial charge in [0.2, 0.25) is 0 Å². The van der Waals surface area contributed by atoms with Gasteiger partial charge in [0.25, 0.3) is 0 Å². The summed E-state index contributed by atoms with van der Waals surface area (Å²) in [7, 11) is 0. The maximum atomic E-state index is 14.1. The van der Waals surface area contributed by atoms with E-state index in [4.69, 9.17) is 4.74 Å². The Morgan fingerprint density at radius 1 is 0.966 bits per heavy atom. The molecule has 0 radical (unpaired) electrons. The Kier molecular flexibility index (Phi) is 5.76. The van der Waals surface area contributed by atoms with Gasteiger partial charge in [-0.25, -0.2) is 13.6 Å². The van der Waals surface area contributed by atoms with Crippen LogP contribution in [0.15, 0.2) is 48.5 Å². The molecule has 2 amide bonds. The molecule has 4 rings (SSSR count). The third kappa shape index (κ3) is 4.74. The molecule has 0 atom stereocenters. The number of urea groups is 1. The number of ether oxygens (including phenoxy) is 1. The standard InChI is InChI=1S/C22H23F2N3O2/c23-18-3-1-16(2-4-18)17-5-7-27(8-6-17)22(28)25-20-13-19(24)14-21(15-20)26-9-11-29-12-10-26/h1-5,13-15H,6-12H2,(H,25,28). The molecule has 29 heavy (non-hydrogen) atoms. The molecule has 0 saturated carbocycles. The first kappa shape index (κ1) is 19.4. The fraction of sp³-hybridized carbons (Fsp3) is 0.318. The van der Waals surface area contributed by atoms with Crippen molar-refractivity contribution < 1.29 is 18.3 Å². The summed E-state index contributed by atoms with van der Waals surface area (Å²) in [6, 6.07) is 10.7. The summed E-state index contributed by atoms with van der Waals surface area (Å²) in [5, 5.41) is 2.80. The smallest absolute Gasteiger partial charge is 0.322 e. The number of rotatable bonds is 3. The number of carbonyl (C=O) groups excluding carboxylic acids is 1. The fourth-order valence-electron chi connectivity index (χ4n) is 3.63. The van der Waals surface area contributed by atoms with Gasteiger partial charge in [-0.1, -0.05) is 18.2 Å². The number of nitrogens with zero attached hydrogens (tertiary/aromatic N) is 2. The second kappa shape index (κ2) is 8.61. The van der Waals surface area contributed by atoms with Crippen LogP contribution >= 0.6 is 0 Å². The van der Waals surface area contributed by atoms with E-state index in [-0.39, 0.29) is 17.7 Å². The van der Waals surface area contributed by atoms with Crippen molar-refractivity contribution in [3.8, 4) is 0 Å². The van der Waals surface area contributed by atoms with Gasteiger partial charge in [0.05, 0.1) is 13.2 Å². The minimum atomic E-state index is -0.388.